The van der Waals surface area contributed by atoms with Gasteiger partial charge < -0.3 is 14.4 Å². The lowest BCUT2D eigenvalue weighted by Crippen LogP contribution is -3.14. The molecule has 33 heavy (non-hydrogen) atoms. The molecule has 10 heteroatoms. The maximum Gasteiger partial charge on any atom is 0.436 e. The molecular formula is C23H29N3O6S. The Bertz CT molecular complexity index is 1140. The number of quaternary nitrogens is 1. The van der Waals surface area contributed by atoms with Crippen LogP contribution in [0, 0.1) is 12.1 Å². The molecule has 0 spiro atoms. The molecule has 1 fully saturated rings. The Morgan fingerprint density at radius 2 is 1.73 bits per heavy atom. The number of hydrogen-bond acceptors (Lipinski definition) is 6. The van der Waals surface area contributed by atoms with Crippen LogP contribution in [0.4, 0.5) is 16.4 Å². The SMILES string of the molecule is Cc1ccc(N(C2CCOCC2)S(=O)(=O)[NH+]([O-])C(=O)Nc2c3c(cc4c2CCC4)CCC3)o1. The molecule has 2 amide bonds. The van der Waals surface area contributed by atoms with Gasteiger partial charge in [-0.15, -0.1) is 0 Å². The number of hydrogen-bond donors (Lipinski definition) is 2. The van der Waals surface area contributed by atoms with Crippen LogP contribution in [0.5, 0.6) is 0 Å². The standard InChI is InChI=1S/C23H29N3O6S/c1-15-8-9-21(32-15)25(18-10-12-31-13-11-18)33(29,30)26(28)23(27)24-22-19-6-2-4-16(19)14-17-5-3-7-20(17)22/h8-9,14,18,26H,2-7,10-13H2,1H3,(H,24,27). The average molecular weight is 476 g/mol. The van der Waals surface area contributed by atoms with Gasteiger partial charge >= 0.3 is 16.2 Å². The molecule has 0 saturated carbocycles. The quantitative estimate of drug-likeness (QED) is 0.642. The molecule has 1 aliphatic heterocycles. The fraction of sp³-hybridized carbons (Fsp3) is 0.522. The van der Waals surface area contributed by atoms with Crippen molar-refractivity contribution >= 4 is 27.8 Å². The van der Waals surface area contributed by atoms with Gasteiger partial charge in [0.15, 0.2) is 0 Å². The Morgan fingerprint density at radius 3 is 2.30 bits per heavy atom. The van der Waals surface area contributed by atoms with Crippen LogP contribution in [0.25, 0.3) is 0 Å². The maximum atomic E-state index is 13.5. The average Bonchev–Trinajstić information content (AvgIpc) is 3.55. The first-order valence-corrected chi connectivity index (χ1v) is 13.0. The number of aryl methyl sites for hydroxylation is 3. The molecule has 1 unspecified atom stereocenters. The Hall–Kier alpha value is -2.40. The van der Waals surface area contributed by atoms with Crippen LogP contribution >= 0.6 is 0 Å². The van der Waals surface area contributed by atoms with Crippen molar-refractivity contribution in [3.8, 4) is 0 Å². The number of benzene rings is 1. The van der Waals surface area contributed by atoms with E-state index in [1.807, 2.05) is 0 Å². The molecule has 0 bridgehead atoms. The molecule has 9 nitrogen and oxygen atoms in total. The highest BCUT2D eigenvalue weighted by atomic mass is 32.2. The fourth-order valence-electron chi connectivity index (χ4n) is 5.29. The van der Waals surface area contributed by atoms with Crippen LogP contribution in [0.3, 0.4) is 0 Å². The van der Waals surface area contributed by atoms with E-state index in [0.29, 0.717) is 37.5 Å². The maximum absolute atomic E-state index is 13.5. The Kier molecular flexibility index (Phi) is 5.94. The molecule has 5 rings (SSSR count). The topological polar surface area (TPSA) is 116 Å². The number of anilines is 2. The van der Waals surface area contributed by atoms with Crippen LogP contribution in [0.2, 0.25) is 0 Å². The normalized spacial score (nSPS) is 19.2. The first-order valence-electron chi connectivity index (χ1n) is 11.6. The summed E-state index contributed by atoms with van der Waals surface area (Å²) in [6, 6.07) is 3.73. The van der Waals surface area contributed by atoms with Gasteiger partial charge in [-0.05, 0) is 86.6 Å². The van der Waals surface area contributed by atoms with Gasteiger partial charge in [0.2, 0.25) is 5.88 Å². The van der Waals surface area contributed by atoms with E-state index in [9.17, 15) is 18.4 Å². The summed E-state index contributed by atoms with van der Waals surface area (Å²) in [5.41, 5.74) is 5.11. The van der Waals surface area contributed by atoms with E-state index >= 15 is 0 Å². The van der Waals surface area contributed by atoms with Gasteiger partial charge in [0.25, 0.3) is 0 Å². The smallest absolute Gasteiger partial charge is 0.436 e. The summed E-state index contributed by atoms with van der Waals surface area (Å²) < 4.78 is 37.4. The highest BCUT2D eigenvalue weighted by Gasteiger charge is 2.41. The summed E-state index contributed by atoms with van der Waals surface area (Å²) in [4.78, 5) is 13.1. The molecule has 2 aliphatic carbocycles. The summed E-state index contributed by atoms with van der Waals surface area (Å²) in [7, 11) is -4.65. The first-order chi connectivity index (χ1) is 15.9. The van der Waals surface area contributed by atoms with Crippen LogP contribution in [0.1, 0.15) is 53.7 Å². The van der Waals surface area contributed by atoms with E-state index in [4.69, 9.17) is 9.15 Å². The van der Waals surface area contributed by atoms with Gasteiger partial charge in [-0.3, -0.25) is 5.32 Å². The van der Waals surface area contributed by atoms with Gasteiger partial charge in [0.1, 0.15) is 5.76 Å². The molecular weight excluding hydrogens is 446 g/mol. The first kappa shape index (κ1) is 22.4. The third-order valence-corrected chi connectivity index (χ3v) is 8.51. The van der Waals surface area contributed by atoms with E-state index in [0.717, 1.165) is 54.0 Å². The second kappa shape index (κ2) is 8.75. The zero-order valence-corrected chi connectivity index (χ0v) is 19.5. The molecule has 1 saturated heterocycles. The van der Waals surface area contributed by atoms with Crippen LogP contribution in [0.15, 0.2) is 22.6 Å². The van der Waals surface area contributed by atoms with Gasteiger partial charge in [-0.2, -0.15) is 17.2 Å². The predicted octanol–water partition coefficient (Wildman–Crippen LogP) is 2.41. The van der Waals surface area contributed by atoms with Crippen LogP contribution in [-0.4, -0.2) is 33.7 Å². The number of fused-ring (bicyclic) bond motifs is 2. The monoisotopic (exact) mass is 475 g/mol. The molecule has 3 aliphatic rings. The lowest BCUT2D eigenvalue weighted by Gasteiger charge is -2.34. The van der Waals surface area contributed by atoms with Gasteiger partial charge in [-0.1, -0.05) is 6.07 Å². The van der Waals surface area contributed by atoms with Crippen molar-refractivity contribution in [1.29, 1.82) is 0 Å². The number of rotatable bonds is 5. The van der Waals surface area contributed by atoms with Crippen LogP contribution in [-0.2, 0) is 40.6 Å². The summed E-state index contributed by atoms with van der Waals surface area (Å²) in [6.07, 6.45) is 6.31. The number of carbonyl (C=O) groups is 1. The van der Waals surface area contributed by atoms with Gasteiger partial charge in [0, 0.05) is 19.3 Å². The van der Waals surface area contributed by atoms with Gasteiger partial charge in [0.05, 0.1) is 11.7 Å². The van der Waals surface area contributed by atoms with E-state index in [-0.39, 0.29) is 5.88 Å². The summed E-state index contributed by atoms with van der Waals surface area (Å²) in [5, 5.41) is 15.8. The molecule has 1 atom stereocenters. The van der Waals surface area contributed by atoms with Crippen molar-refractivity contribution in [2.45, 2.75) is 64.3 Å². The summed E-state index contributed by atoms with van der Waals surface area (Å²) in [6.45, 7) is 2.45. The van der Waals surface area contributed by atoms with Crippen LogP contribution < -0.4 is 14.1 Å². The highest BCUT2D eigenvalue weighted by Crippen LogP contribution is 2.38. The number of amides is 2. The van der Waals surface area contributed by atoms with Crippen molar-refractivity contribution in [2.24, 2.45) is 0 Å². The predicted molar refractivity (Wildman–Crippen MR) is 123 cm³/mol. The second-order valence-corrected chi connectivity index (χ2v) is 10.7. The number of carbonyl (C=O) groups excluding carboxylic acids is 1. The fourth-order valence-corrected chi connectivity index (χ4v) is 6.69. The number of urea groups is 1. The largest absolute Gasteiger partial charge is 0.608 e. The third-order valence-electron chi connectivity index (χ3n) is 6.86. The molecule has 0 radical (unpaired) electrons. The third kappa shape index (κ3) is 4.05. The van der Waals surface area contributed by atoms with Crippen molar-refractivity contribution in [3.05, 3.63) is 51.4 Å². The lowest BCUT2D eigenvalue weighted by molar-refractivity contribution is -0.604. The molecule has 2 aromatic rings. The minimum Gasteiger partial charge on any atom is -0.608 e. The second-order valence-electron chi connectivity index (χ2n) is 9.00. The van der Waals surface area contributed by atoms with E-state index in [1.54, 1.807) is 13.0 Å². The number of nitrogens with zero attached hydrogens (tertiary/aromatic N) is 1. The lowest BCUT2D eigenvalue weighted by atomic mass is 9.99. The Morgan fingerprint density at radius 1 is 1.09 bits per heavy atom. The summed E-state index contributed by atoms with van der Waals surface area (Å²) >= 11 is 0. The van der Waals surface area contributed by atoms with E-state index in [2.05, 4.69) is 11.4 Å². The minimum absolute atomic E-state index is 0.0436. The molecule has 1 aromatic heterocycles. The minimum atomic E-state index is -4.65. The van der Waals surface area contributed by atoms with Crippen molar-refractivity contribution < 1.29 is 26.8 Å². The highest BCUT2D eigenvalue weighted by molar-refractivity contribution is 7.86. The zero-order valence-electron chi connectivity index (χ0n) is 18.7. The van der Waals surface area contributed by atoms with E-state index < -0.39 is 26.8 Å². The van der Waals surface area contributed by atoms with Crippen molar-refractivity contribution in [1.82, 2.24) is 0 Å². The molecule has 2 N–H and O–H groups in total. The van der Waals surface area contributed by atoms with Crippen molar-refractivity contribution in [2.75, 3.05) is 22.8 Å². The number of ether oxygens (including phenoxy) is 1. The number of hydroxylamine groups is 1. The van der Waals surface area contributed by atoms with Gasteiger partial charge in [-0.25, -0.2) is 4.79 Å². The van der Waals surface area contributed by atoms with Crippen molar-refractivity contribution in [3.63, 3.8) is 0 Å². The van der Waals surface area contributed by atoms with E-state index in [1.165, 1.54) is 17.2 Å². The molecule has 2 heterocycles. The molecule has 178 valence electrons. The number of furan rings is 1. The number of nitrogens with one attached hydrogen (secondary N) is 2. The zero-order chi connectivity index (χ0) is 23.2. The Balaban J connectivity index is 1.45. The molecule has 1 aromatic carbocycles. The summed E-state index contributed by atoms with van der Waals surface area (Å²) in [5.74, 6) is 0.562. The Labute approximate surface area is 193 Å².